The van der Waals surface area contributed by atoms with E-state index in [1.165, 1.54) is 22.3 Å². The van der Waals surface area contributed by atoms with Gasteiger partial charge in [-0.25, -0.2) is 9.59 Å². The molecule has 0 spiro atoms. The molecule has 0 fully saturated rings. The van der Waals surface area contributed by atoms with Gasteiger partial charge in [-0.3, -0.25) is 0 Å². The first kappa shape index (κ1) is 21.6. The summed E-state index contributed by atoms with van der Waals surface area (Å²) >= 11 is 0. The van der Waals surface area contributed by atoms with Gasteiger partial charge in [0.05, 0.1) is 18.8 Å². The Morgan fingerprint density at radius 2 is 1.34 bits per heavy atom. The van der Waals surface area contributed by atoms with Crippen LogP contribution in [0.2, 0.25) is 0 Å². The molecule has 0 saturated carbocycles. The number of carbonyl (C=O) groups is 2. The van der Waals surface area contributed by atoms with Crippen LogP contribution in [0.3, 0.4) is 0 Å². The lowest BCUT2D eigenvalue weighted by molar-refractivity contribution is 0.0321. The highest BCUT2D eigenvalue weighted by Crippen LogP contribution is 2.44. The van der Waals surface area contributed by atoms with Crippen LogP contribution < -0.4 is 5.32 Å². The zero-order valence-corrected chi connectivity index (χ0v) is 17.7. The minimum Gasteiger partial charge on any atom is -0.460 e. The van der Waals surface area contributed by atoms with Crippen molar-refractivity contribution >= 4 is 12.1 Å². The Kier molecular flexibility index (Phi) is 7.15. The molecule has 0 unspecified atom stereocenters. The van der Waals surface area contributed by atoms with Gasteiger partial charge in [-0.05, 0) is 34.4 Å². The van der Waals surface area contributed by atoms with Gasteiger partial charge in [0.25, 0.3) is 0 Å². The Morgan fingerprint density at radius 3 is 2.03 bits per heavy atom. The largest absolute Gasteiger partial charge is 0.460 e. The fraction of sp³-hybridized carbons (Fsp3) is 0.231. The summed E-state index contributed by atoms with van der Waals surface area (Å²) in [4.78, 5) is 23.9. The van der Waals surface area contributed by atoms with Crippen molar-refractivity contribution in [3.05, 3.63) is 95.6 Å². The number of alkyl carbamates (subject to hydrolysis) is 1. The van der Waals surface area contributed by atoms with Crippen LogP contribution in [0.1, 0.15) is 27.4 Å². The predicted molar refractivity (Wildman–Crippen MR) is 121 cm³/mol. The third-order valence-corrected chi connectivity index (χ3v) is 5.33. The van der Waals surface area contributed by atoms with Gasteiger partial charge in [0.1, 0.15) is 13.2 Å². The molecule has 1 amide bonds. The van der Waals surface area contributed by atoms with Crippen molar-refractivity contribution in [3.63, 3.8) is 0 Å². The SMILES string of the molecule is O=C(NCCOCCOC(=O)c1ccccc1)OCC1c2ccccc2-c2ccccc21. The van der Waals surface area contributed by atoms with Gasteiger partial charge in [0.15, 0.2) is 0 Å². The van der Waals surface area contributed by atoms with E-state index in [0.29, 0.717) is 18.7 Å². The van der Waals surface area contributed by atoms with E-state index in [1.54, 1.807) is 24.3 Å². The van der Waals surface area contributed by atoms with Crippen LogP contribution in [-0.4, -0.2) is 45.0 Å². The van der Waals surface area contributed by atoms with E-state index in [-0.39, 0.29) is 31.7 Å². The summed E-state index contributed by atoms with van der Waals surface area (Å²) < 4.78 is 16.0. The van der Waals surface area contributed by atoms with Gasteiger partial charge in [-0.1, -0.05) is 66.7 Å². The van der Waals surface area contributed by atoms with Gasteiger partial charge in [0, 0.05) is 12.5 Å². The first-order valence-corrected chi connectivity index (χ1v) is 10.6. The molecule has 0 radical (unpaired) electrons. The highest BCUT2D eigenvalue weighted by molar-refractivity contribution is 5.89. The number of benzene rings is 3. The van der Waals surface area contributed by atoms with Gasteiger partial charge < -0.3 is 19.5 Å². The Morgan fingerprint density at radius 1 is 0.719 bits per heavy atom. The highest BCUT2D eigenvalue weighted by Gasteiger charge is 2.28. The minimum atomic E-state index is -0.481. The molecule has 1 aliphatic rings. The fourth-order valence-electron chi connectivity index (χ4n) is 3.83. The first-order chi connectivity index (χ1) is 15.7. The maximum atomic E-state index is 12.1. The molecule has 0 heterocycles. The lowest BCUT2D eigenvalue weighted by Crippen LogP contribution is -2.29. The monoisotopic (exact) mass is 431 g/mol. The maximum Gasteiger partial charge on any atom is 0.407 e. The van der Waals surface area contributed by atoms with Gasteiger partial charge in [-0.2, -0.15) is 0 Å². The molecule has 1 N–H and O–H groups in total. The smallest absolute Gasteiger partial charge is 0.407 e. The summed E-state index contributed by atoms with van der Waals surface area (Å²) in [5.41, 5.74) is 5.24. The number of nitrogens with one attached hydrogen (secondary N) is 1. The first-order valence-electron chi connectivity index (χ1n) is 10.6. The molecular weight excluding hydrogens is 406 g/mol. The number of amides is 1. The van der Waals surface area contributed by atoms with Crippen molar-refractivity contribution < 1.29 is 23.8 Å². The fourth-order valence-corrected chi connectivity index (χ4v) is 3.83. The Bertz CT molecular complexity index is 1020. The molecule has 1 aliphatic carbocycles. The van der Waals surface area contributed by atoms with Gasteiger partial charge in [-0.15, -0.1) is 0 Å². The molecule has 0 atom stereocenters. The zero-order valence-electron chi connectivity index (χ0n) is 17.7. The topological polar surface area (TPSA) is 73.9 Å². The molecular formula is C26H25NO5. The summed E-state index contributed by atoms with van der Waals surface area (Å²) in [6.45, 7) is 1.29. The number of hydrogen-bond donors (Lipinski definition) is 1. The molecule has 0 bridgehead atoms. The second kappa shape index (κ2) is 10.6. The number of rotatable bonds is 9. The average Bonchev–Trinajstić information content (AvgIpc) is 3.16. The highest BCUT2D eigenvalue weighted by atomic mass is 16.6. The summed E-state index contributed by atoms with van der Waals surface area (Å²) in [6, 6.07) is 25.2. The normalized spacial score (nSPS) is 12.0. The summed E-state index contributed by atoms with van der Waals surface area (Å²) in [5.74, 6) is -0.352. The molecule has 164 valence electrons. The van der Waals surface area contributed by atoms with E-state index in [1.807, 2.05) is 30.3 Å². The van der Waals surface area contributed by atoms with Crippen LogP contribution >= 0.6 is 0 Å². The number of hydrogen-bond acceptors (Lipinski definition) is 5. The van der Waals surface area contributed by atoms with Crippen LogP contribution in [-0.2, 0) is 14.2 Å². The molecule has 6 nitrogen and oxygen atoms in total. The van der Waals surface area contributed by atoms with Gasteiger partial charge >= 0.3 is 12.1 Å². The lowest BCUT2D eigenvalue weighted by Gasteiger charge is -2.14. The third kappa shape index (κ3) is 5.15. The molecule has 0 aliphatic heterocycles. The molecule has 6 heteroatoms. The molecule has 3 aromatic carbocycles. The van der Waals surface area contributed by atoms with E-state index in [9.17, 15) is 9.59 Å². The van der Waals surface area contributed by atoms with E-state index >= 15 is 0 Å². The predicted octanol–water partition coefficient (Wildman–Crippen LogP) is 4.40. The average molecular weight is 431 g/mol. The maximum absolute atomic E-state index is 12.1. The molecule has 3 aromatic rings. The van der Waals surface area contributed by atoms with Crippen LogP contribution in [0, 0.1) is 0 Å². The second-order valence-electron chi connectivity index (χ2n) is 7.37. The summed E-state index contributed by atoms with van der Waals surface area (Å²) in [6.07, 6.45) is -0.481. The zero-order chi connectivity index (χ0) is 22.2. The van der Waals surface area contributed by atoms with Crippen molar-refractivity contribution in [3.8, 4) is 11.1 Å². The second-order valence-corrected chi connectivity index (χ2v) is 7.37. The van der Waals surface area contributed by atoms with Gasteiger partial charge in [0.2, 0.25) is 0 Å². The molecule has 0 aromatic heterocycles. The summed E-state index contributed by atoms with van der Waals surface area (Å²) in [7, 11) is 0. The van der Waals surface area contributed by atoms with Crippen LogP contribution in [0.4, 0.5) is 4.79 Å². The Hall–Kier alpha value is -3.64. The lowest BCUT2D eigenvalue weighted by atomic mass is 9.98. The van der Waals surface area contributed by atoms with Crippen LogP contribution in [0.25, 0.3) is 11.1 Å². The Balaban J connectivity index is 1.13. The number of carbonyl (C=O) groups excluding carboxylic acids is 2. The van der Waals surface area contributed by atoms with E-state index in [4.69, 9.17) is 14.2 Å². The third-order valence-electron chi connectivity index (χ3n) is 5.33. The van der Waals surface area contributed by atoms with E-state index in [0.717, 1.165) is 0 Å². The molecule has 0 saturated heterocycles. The van der Waals surface area contributed by atoms with Crippen LogP contribution in [0.15, 0.2) is 78.9 Å². The standard InChI is InChI=1S/C26H25NO5/c28-25(19-8-2-1-3-9-19)31-17-16-30-15-14-27-26(29)32-18-24-22-12-6-4-10-20(22)21-11-5-7-13-23(21)24/h1-13,24H,14-18H2,(H,27,29). The Labute approximate surface area is 187 Å². The number of fused-ring (bicyclic) bond motifs is 3. The van der Waals surface area contributed by atoms with Crippen molar-refractivity contribution in [2.45, 2.75) is 5.92 Å². The minimum absolute atomic E-state index is 0.0312. The van der Waals surface area contributed by atoms with E-state index < -0.39 is 6.09 Å². The molecule has 32 heavy (non-hydrogen) atoms. The van der Waals surface area contributed by atoms with Crippen molar-refractivity contribution in [1.82, 2.24) is 5.32 Å². The van der Waals surface area contributed by atoms with Crippen molar-refractivity contribution in [2.75, 3.05) is 33.0 Å². The number of esters is 1. The van der Waals surface area contributed by atoms with Crippen molar-refractivity contribution in [1.29, 1.82) is 0 Å². The van der Waals surface area contributed by atoms with Crippen LogP contribution in [0.5, 0.6) is 0 Å². The number of ether oxygens (including phenoxy) is 3. The molecule has 4 rings (SSSR count). The van der Waals surface area contributed by atoms with Crippen molar-refractivity contribution in [2.24, 2.45) is 0 Å². The van der Waals surface area contributed by atoms with E-state index in [2.05, 4.69) is 29.6 Å². The quantitative estimate of drug-likeness (QED) is 0.402. The summed E-state index contributed by atoms with van der Waals surface area (Å²) in [5, 5.41) is 2.69.